The lowest BCUT2D eigenvalue weighted by molar-refractivity contribution is -0.117. The van der Waals surface area contributed by atoms with Gasteiger partial charge in [0, 0.05) is 23.5 Å². The number of phenols is 1. The number of hydrogen-bond donors (Lipinski definition) is 4. The molecular formula is C22H20N4O2. The Morgan fingerprint density at radius 1 is 1.07 bits per heavy atom. The third-order valence-electron chi connectivity index (χ3n) is 4.65. The molecule has 0 saturated carbocycles. The minimum absolute atomic E-state index is 0.188. The Morgan fingerprint density at radius 3 is 2.57 bits per heavy atom. The number of hydrogen-bond acceptors (Lipinski definition) is 4. The predicted octanol–water partition coefficient (Wildman–Crippen LogP) is 3.44. The largest absolute Gasteiger partial charge is 0.508 e. The number of aromatic nitrogens is 2. The Kier molecular flexibility index (Phi) is 4.78. The van der Waals surface area contributed by atoms with Crippen LogP contribution in [0, 0.1) is 0 Å². The van der Waals surface area contributed by atoms with Crippen LogP contribution >= 0.6 is 0 Å². The van der Waals surface area contributed by atoms with E-state index >= 15 is 0 Å². The Hall–Kier alpha value is -3.64. The van der Waals surface area contributed by atoms with E-state index in [1.54, 1.807) is 30.5 Å². The van der Waals surface area contributed by atoms with Gasteiger partial charge < -0.3 is 21.1 Å². The summed E-state index contributed by atoms with van der Waals surface area (Å²) in [5.74, 6) is -0.0641. The second-order valence-corrected chi connectivity index (χ2v) is 6.64. The van der Waals surface area contributed by atoms with Crippen LogP contribution in [0.2, 0.25) is 0 Å². The molecule has 1 amide bonds. The number of nitrogens with one attached hydrogen (secondary N) is 2. The lowest BCUT2D eigenvalue weighted by Crippen LogP contribution is -2.37. The van der Waals surface area contributed by atoms with Gasteiger partial charge in [0.25, 0.3) is 0 Å². The summed E-state index contributed by atoms with van der Waals surface area (Å²) < 4.78 is 0. The van der Waals surface area contributed by atoms with Crippen molar-refractivity contribution in [2.75, 3.05) is 5.32 Å². The summed E-state index contributed by atoms with van der Waals surface area (Å²) in [4.78, 5) is 19.8. The zero-order chi connectivity index (χ0) is 19.5. The number of aromatic amines is 1. The molecule has 4 rings (SSSR count). The summed E-state index contributed by atoms with van der Waals surface area (Å²) in [5, 5.41) is 13.2. The van der Waals surface area contributed by atoms with E-state index in [1.165, 1.54) is 0 Å². The quantitative estimate of drug-likeness (QED) is 0.431. The smallest absolute Gasteiger partial charge is 0.241 e. The molecule has 0 fully saturated rings. The van der Waals surface area contributed by atoms with Crippen LogP contribution in [-0.2, 0) is 11.2 Å². The van der Waals surface area contributed by atoms with E-state index in [9.17, 15) is 9.90 Å². The first kappa shape index (κ1) is 17.8. The fourth-order valence-electron chi connectivity index (χ4n) is 3.16. The lowest BCUT2D eigenvalue weighted by atomic mass is 10.0. The van der Waals surface area contributed by atoms with E-state index in [2.05, 4.69) is 15.3 Å². The molecule has 0 radical (unpaired) electrons. The van der Waals surface area contributed by atoms with Crippen LogP contribution in [-0.4, -0.2) is 27.0 Å². The van der Waals surface area contributed by atoms with Crippen molar-refractivity contribution in [1.29, 1.82) is 0 Å². The molecule has 28 heavy (non-hydrogen) atoms. The number of H-pyrrole nitrogens is 1. The molecule has 0 aliphatic carbocycles. The highest BCUT2D eigenvalue weighted by atomic mass is 16.3. The third kappa shape index (κ3) is 3.72. The van der Waals surface area contributed by atoms with Crippen LogP contribution in [0.15, 0.2) is 73.1 Å². The van der Waals surface area contributed by atoms with Crippen LogP contribution in [0.25, 0.3) is 22.2 Å². The molecule has 2 aromatic carbocycles. The van der Waals surface area contributed by atoms with Crippen molar-refractivity contribution in [3.8, 4) is 16.9 Å². The molecule has 0 aliphatic rings. The van der Waals surface area contributed by atoms with Crippen LogP contribution in [0.1, 0.15) is 5.56 Å². The number of benzene rings is 2. The van der Waals surface area contributed by atoms with Gasteiger partial charge in [0.05, 0.1) is 6.04 Å². The monoisotopic (exact) mass is 372 g/mol. The highest BCUT2D eigenvalue weighted by molar-refractivity contribution is 5.96. The van der Waals surface area contributed by atoms with Crippen molar-refractivity contribution >= 4 is 22.6 Å². The van der Waals surface area contributed by atoms with Crippen LogP contribution in [0.5, 0.6) is 5.75 Å². The van der Waals surface area contributed by atoms with Crippen molar-refractivity contribution < 1.29 is 9.90 Å². The molecule has 0 saturated heterocycles. The standard InChI is InChI=1S/C22H20N4O2/c23-20(13-14-1-7-17(27)8-2-14)22(28)26-16-5-3-15(4-6-16)18-9-11-24-21-19(18)10-12-25-21/h1-12,20,27H,13,23H2,(H,24,25)(H,26,28)/t20-/m0/s1. The summed E-state index contributed by atoms with van der Waals surface area (Å²) in [6.07, 6.45) is 4.03. The highest BCUT2D eigenvalue weighted by Gasteiger charge is 2.14. The first-order valence-corrected chi connectivity index (χ1v) is 8.97. The van der Waals surface area contributed by atoms with E-state index in [0.717, 1.165) is 27.7 Å². The summed E-state index contributed by atoms with van der Waals surface area (Å²) in [7, 11) is 0. The molecule has 0 spiro atoms. The van der Waals surface area contributed by atoms with Gasteiger partial charge in [-0.2, -0.15) is 0 Å². The maximum absolute atomic E-state index is 12.4. The van der Waals surface area contributed by atoms with Gasteiger partial charge in [-0.1, -0.05) is 24.3 Å². The number of nitrogens with zero attached hydrogens (tertiary/aromatic N) is 1. The number of pyridine rings is 1. The SMILES string of the molecule is N[C@@H](Cc1ccc(O)cc1)C(=O)Nc1ccc(-c2ccnc3[nH]ccc23)cc1. The number of fused-ring (bicyclic) bond motifs is 1. The van der Waals surface area contributed by atoms with Gasteiger partial charge in [-0.25, -0.2) is 4.98 Å². The first-order chi connectivity index (χ1) is 13.6. The third-order valence-corrected chi connectivity index (χ3v) is 4.65. The molecule has 140 valence electrons. The Morgan fingerprint density at radius 2 is 1.82 bits per heavy atom. The van der Waals surface area contributed by atoms with Crippen molar-refractivity contribution in [3.63, 3.8) is 0 Å². The van der Waals surface area contributed by atoms with Gasteiger partial charge in [0.1, 0.15) is 11.4 Å². The zero-order valence-corrected chi connectivity index (χ0v) is 15.1. The maximum atomic E-state index is 12.4. The van der Waals surface area contributed by atoms with E-state index < -0.39 is 6.04 Å². The first-order valence-electron chi connectivity index (χ1n) is 8.97. The van der Waals surface area contributed by atoms with Gasteiger partial charge in [0.2, 0.25) is 5.91 Å². The molecule has 4 aromatic rings. The average molecular weight is 372 g/mol. The minimum atomic E-state index is -0.677. The second-order valence-electron chi connectivity index (χ2n) is 6.64. The molecule has 0 bridgehead atoms. The van der Waals surface area contributed by atoms with Crippen molar-refractivity contribution in [2.24, 2.45) is 5.73 Å². The number of anilines is 1. The Labute approximate surface area is 162 Å². The summed E-state index contributed by atoms with van der Waals surface area (Å²) in [5.41, 5.74) is 10.6. The Bertz CT molecular complexity index is 1100. The molecule has 0 unspecified atom stereocenters. The number of amides is 1. The minimum Gasteiger partial charge on any atom is -0.508 e. The van der Waals surface area contributed by atoms with Crippen LogP contribution in [0.4, 0.5) is 5.69 Å². The average Bonchev–Trinajstić information content (AvgIpc) is 3.19. The molecule has 6 nitrogen and oxygen atoms in total. The van der Waals surface area contributed by atoms with E-state index in [0.29, 0.717) is 12.1 Å². The van der Waals surface area contributed by atoms with Gasteiger partial charge in [0.15, 0.2) is 0 Å². The number of phenolic OH excluding ortho intramolecular Hbond substituents is 1. The van der Waals surface area contributed by atoms with E-state index in [-0.39, 0.29) is 11.7 Å². The van der Waals surface area contributed by atoms with Crippen molar-refractivity contribution in [1.82, 2.24) is 9.97 Å². The molecule has 0 aliphatic heterocycles. The highest BCUT2D eigenvalue weighted by Crippen LogP contribution is 2.27. The van der Waals surface area contributed by atoms with Gasteiger partial charge in [-0.15, -0.1) is 0 Å². The number of carbonyl (C=O) groups is 1. The number of carbonyl (C=O) groups excluding carboxylic acids is 1. The summed E-state index contributed by atoms with van der Waals surface area (Å²) in [6.45, 7) is 0. The topological polar surface area (TPSA) is 104 Å². The summed E-state index contributed by atoms with van der Waals surface area (Å²) >= 11 is 0. The molecule has 1 atom stereocenters. The molecule has 2 heterocycles. The fourth-order valence-corrected chi connectivity index (χ4v) is 3.16. The Balaban J connectivity index is 1.44. The summed E-state index contributed by atoms with van der Waals surface area (Å²) in [6, 6.07) is 17.6. The fraction of sp³-hybridized carbons (Fsp3) is 0.0909. The van der Waals surface area contributed by atoms with E-state index in [4.69, 9.17) is 5.73 Å². The zero-order valence-electron chi connectivity index (χ0n) is 15.1. The number of aromatic hydroxyl groups is 1. The van der Waals surface area contributed by atoms with Gasteiger partial charge >= 0.3 is 0 Å². The molecule has 2 aromatic heterocycles. The molecule has 5 N–H and O–H groups in total. The van der Waals surface area contributed by atoms with Crippen LogP contribution < -0.4 is 11.1 Å². The van der Waals surface area contributed by atoms with Crippen LogP contribution in [0.3, 0.4) is 0 Å². The predicted molar refractivity (Wildman–Crippen MR) is 110 cm³/mol. The number of nitrogens with two attached hydrogens (primary N) is 1. The van der Waals surface area contributed by atoms with Crippen molar-refractivity contribution in [2.45, 2.75) is 12.5 Å². The van der Waals surface area contributed by atoms with Crippen molar-refractivity contribution in [3.05, 3.63) is 78.6 Å². The maximum Gasteiger partial charge on any atom is 0.241 e. The lowest BCUT2D eigenvalue weighted by Gasteiger charge is -2.13. The van der Waals surface area contributed by atoms with E-state index in [1.807, 2.05) is 42.6 Å². The second kappa shape index (κ2) is 7.54. The van der Waals surface area contributed by atoms with Gasteiger partial charge in [-0.3, -0.25) is 4.79 Å². The molecule has 6 heteroatoms. The normalized spacial score (nSPS) is 12.0. The molecular weight excluding hydrogens is 352 g/mol. The van der Waals surface area contributed by atoms with Gasteiger partial charge in [-0.05, 0) is 59.5 Å². The number of rotatable bonds is 5.